The zero-order valence-electron chi connectivity index (χ0n) is 37.0. The Bertz CT molecular complexity index is 2610. The molecule has 62 heavy (non-hydrogen) atoms. The fraction of sp³-hybridized carbons (Fsp3) is 0.429. The molecule has 3 aromatic heterocycles. The average Bonchev–Trinajstić information content (AvgIpc) is 3.92. The molecule has 0 unspecified atom stereocenters. The summed E-state index contributed by atoms with van der Waals surface area (Å²) in [7, 11) is 2.73. The number of carbonyl (C=O) groups excluding carboxylic acids is 2. The lowest BCUT2D eigenvalue weighted by molar-refractivity contribution is -0.191. The molecule has 1 aliphatic carbocycles. The predicted molar refractivity (Wildman–Crippen MR) is 240 cm³/mol. The minimum absolute atomic E-state index is 0.142. The lowest BCUT2D eigenvalue weighted by Gasteiger charge is -2.47. The summed E-state index contributed by atoms with van der Waals surface area (Å²) in [6.07, 6.45) is 5.94. The predicted octanol–water partition coefficient (Wildman–Crippen LogP) is 8.81. The summed E-state index contributed by atoms with van der Waals surface area (Å²) in [6, 6.07) is 5.89. The highest BCUT2D eigenvalue weighted by Crippen LogP contribution is 2.48. The maximum absolute atomic E-state index is 13.1. The highest BCUT2D eigenvalue weighted by atomic mass is 16.5. The van der Waals surface area contributed by atoms with Crippen molar-refractivity contribution in [1.82, 2.24) is 19.9 Å². The van der Waals surface area contributed by atoms with Crippen LogP contribution in [0.25, 0.3) is 50.4 Å². The molecule has 8 bridgehead atoms. The zero-order chi connectivity index (χ0) is 45.4. The Morgan fingerprint density at radius 3 is 2.10 bits per heavy atom. The Kier molecular flexibility index (Phi) is 13.3. The molecule has 1 fully saturated rings. The molecule has 6 rings (SSSR count). The van der Waals surface area contributed by atoms with E-state index in [1.165, 1.54) is 21.1 Å². The van der Waals surface area contributed by atoms with Crippen molar-refractivity contribution in [3.8, 4) is 0 Å². The van der Waals surface area contributed by atoms with Crippen molar-refractivity contribution in [3.05, 3.63) is 88.0 Å². The molecule has 5 heterocycles. The van der Waals surface area contributed by atoms with E-state index in [2.05, 4.69) is 23.1 Å². The van der Waals surface area contributed by atoms with Crippen LogP contribution in [0.15, 0.2) is 37.4 Å². The van der Waals surface area contributed by atoms with Gasteiger partial charge in [-0.3, -0.25) is 14.4 Å². The van der Waals surface area contributed by atoms with Crippen LogP contribution in [0.3, 0.4) is 0 Å². The highest BCUT2D eigenvalue weighted by Gasteiger charge is 2.57. The topological polar surface area (TPSA) is 205 Å². The second kappa shape index (κ2) is 18.1. The number of aromatic amines is 2. The van der Waals surface area contributed by atoms with E-state index >= 15 is 0 Å². The lowest BCUT2D eigenvalue weighted by atomic mass is 9.59. The quantitative estimate of drug-likeness (QED) is 0.0970. The number of rotatable bonds is 14. The van der Waals surface area contributed by atoms with Crippen LogP contribution >= 0.6 is 0 Å². The number of H-pyrrole nitrogens is 2. The first kappa shape index (κ1) is 45.4. The standard InChI is InChI=1S/C49H58N4O9/c1-11-30-28(7)45-34(14-18-35-24(3)13-17-36(29(8)47(56)57)49(35,60)48(58)59)46-31(12-2)25(4)39(52-46)21-37-26(5)32(15-19-43(54)61-9)41(50-37)23-42-33(16-20-44(55)62-10)27(6)38(51-42)22-40(30)53-45/h11-12,21-24,29,35-36,51,53,60H,1-2,13-20H2,3-10H3,(H,56,57)(H,58,59)/t24-,29-,35+,36+,49-/m1/s1. The Morgan fingerprint density at radius 2 is 1.48 bits per heavy atom. The van der Waals surface area contributed by atoms with E-state index in [0.29, 0.717) is 42.0 Å². The third-order valence-electron chi connectivity index (χ3n) is 13.7. The second-order valence-electron chi connectivity index (χ2n) is 16.9. The van der Waals surface area contributed by atoms with Gasteiger partial charge in [-0.05, 0) is 124 Å². The van der Waals surface area contributed by atoms with Crippen LogP contribution in [0.2, 0.25) is 0 Å². The van der Waals surface area contributed by atoms with Crippen molar-refractivity contribution in [2.75, 3.05) is 14.2 Å². The molecule has 3 aliphatic rings. The van der Waals surface area contributed by atoms with Gasteiger partial charge in [0.2, 0.25) is 0 Å². The van der Waals surface area contributed by atoms with Gasteiger partial charge in [0.1, 0.15) is 0 Å². The number of aromatic nitrogens is 4. The van der Waals surface area contributed by atoms with E-state index in [9.17, 15) is 34.5 Å². The maximum atomic E-state index is 13.1. The molecule has 13 heteroatoms. The lowest BCUT2D eigenvalue weighted by Crippen LogP contribution is -2.59. The van der Waals surface area contributed by atoms with Crippen molar-refractivity contribution in [3.63, 3.8) is 0 Å². The van der Waals surface area contributed by atoms with Gasteiger partial charge in [-0.25, -0.2) is 14.8 Å². The maximum Gasteiger partial charge on any atom is 0.336 e. The molecule has 328 valence electrons. The Morgan fingerprint density at radius 1 is 0.823 bits per heavy atom. The van der Waals surface area contributed by atoms with Crippen LogP contribution in [0.1, 0.15) is 117 Å². The number of fused-ring (bicyclic) bond motifs is 8. The number of carbonyl (C=O) groups is 4. The third kappa shape index (κ3) is 8.17. The van der Waals surface area contributed by atoms with E-state index in [4.69, 9.17) is 19.4 Å². The van der Waals surface area contributed by atoms with Crippen LogP contribution in [0.5, 0.6) is 0 Å². The Labute approximate surface area is 361 Å². The summed E-state index contributed by atoms with van der Waals surface area (Å²) in [5.41, 5.74) is 11.0. The smallest absolute Gasteiger partial charge is 0.336 e. The highest BCUT2D eigenvalue weighted by molar-refractivity contribution is 6.00. The minimum atomic E-state index is -2.28. The molecule has 0 amide bonds. The van der Waals surface area contributed by atoms with Gasteiger partial charge in [-0.15, -0.1) is 0 Å². The number of nitrogens with one attached hydrogen (secondary N) is 2. The van der Waals surface area contributed by atoms with Gasteiger partial charge in [0, 0.05) is 63.4 Å². The number of carboxylic acid groups (broad SMARTS) is 2. The van der Waals surface area contributed by atoms with E-state index in [1.54, 1.807) is 12.2 Å². The molecule has 0 saturated heterocycles. The molecule has 5 atom stereocenters. The largest absolute Gasteiger partial charge is 0.481 e. The van der Waals surface area contributed by atoms with Gasteiger partial charge < -0.3 is 34.8 Å². The fourth-order valence-electron chi connectivity index (χ4n) is 9.91. The molecule has 3 aromatic rings. The van der Waals surface area contributed by atoms with E-state index < -0.39 is 35.3 Å². The van der Waals surface area contributed by atoms with Crippen molar-refractivity contribution in [2.45, 2.75) is 98.5 Å². The van der Waals surface area contributed by atoms with Crippen LogP contribution in [-0.2, 0) is 41.5 Å². The number of ether oxygens (including phenoxy) is 2. The van der Waals surface area contributed by atoms with Crippen molar-refractivity contribution in [2.24, 2.45) is 23.7 Å². The first-order valence-electron chi connectivity index (χ1n) is 21.2. The number of nitrogens with zero attached hydrogens (tertiary/aromatic N) is 2. The second-order valence-corrected chi connectivity index (χ2v) is 16.9. The average molecular weight is 847 g/mol. The van der Waals surface area contributed by atoms with Crippen molar-refractivity contribution < 1.29 is 44.0 Å². The SMILES string of the molecule is C=CC1=C(C)c2cc3nc(cc4[nH]c(cc5[nH]c(c(C)c5C=C)c(CC[C@H]5[C@H](C)CC[C@@H]([C@@H](C)C(=O)O)[C@@]5(O)C(=O)O)c1n2)c(C)c4CCC(=O)OC)C(CCC(=O)OC)=C3C. The summed E-state index contributed by atoms with van der Waals surface area (Å²) in [6.45, 7) is 19.7. The van der Waals surface area contributed by atoms with Gasteiger partial charge in [-0.2, -0.15) is 0 Å². The number of esters is 2. The van der Waals surface area contributed by atoms with Crippen LogP contribution in [-0.4, -0.2) is 79.0 Å². The number of aryl methyl sites for hydroxylation is 4. The van der Waals surface area contributed by atoms with Crippen LogP contribution in [0, 0.1) is 37.5 Å². The number of hydrogen-bond donors (Lipinski definition) is 5. The first-order chi connectivity index (χ1) is 29.4. The molecule has 2 aliphatic heterocycles. The third-order valence-corrected chi connectivity index (χ3v) is 13.7. The van der Waals surface area contributed by atoms with Gasteiger partial charge in [0.15, 0.2) is 5.60 Å². The van der Waals surface area contributed by atoms with E-state index in [-0.39, 0.29) is 50.0 Å². The Balaban J connectivity index is 1.70. The summed E-state index contributed by atoms with van der Waals surface area (Å²) in [5, 5.41) is 32.8. The van der Waals surface area contributed by atoms with Gasteiger partial charge in [-0.1, -0.05) is 39.2 Å². The van der Waals surface area contributed by atoms with Crippen LogP contribution in [0.4, 0.5) is 0 Å². The zero-order valence-corrected chi connectivity index (χ0v) is 37.0. The Hall–Kier alpha value is -6.08. The molecular formula is C49H58N4O9. The molecule has 1 saturated carbocycles. The normalized spacial score (nSPS) is 20.5. The monoisotopic (exact) mass is 846 g/mol. The molecule has 13 nitrogen and oxygen atoms in total. The molecular weight excluding hydrogens is 789 g/mol. The summed E-state index contributed by atoms with van der Waals surface area (Å²) in [4.78, 5) is 67.9. The number of hydrogen-bond acceptors (Lipinski definition) is 9. The number of methoxy groups -OCH3 is 2. The molecule has 0 aromatic carbocycles. The van der Waals surface area contributed by atoms with Gasteiger partial charge >= 0.3 is 23.9 Å². The summed E-state index contributed by atoms with van der Waals surface area (Å²) >= 11 is 0. The summed E-state index contributed by atoms with van der Waals surface area (Å²) < 4.78 is 10.00. The van der Waals surface area contributed by atoms with Crippen molar-refractivity contribution in [1.29, 1.82) is 0 Å². The molecule has 0 spiro atoms. The van der Waals surface area contributed by atoms with E-state index in [0.717, 1.165) is 72.2 Å². The summed E-state index contributed by atoms with van der Waals surface area (Å²) in [5.74, 6) is -6.32. The number of carboxylic acids is 2. The molecule has 5 N–H and O–H groups in total. The van der Waals surface area contributed by atoms with Crippen molar-refractivity contribution >= 4 is 74.3 Å². The van der Waals surface area contributed by atoms with Gasteiger partial charge in [0.05, 0.1) is 42.9 Å². The minimum Gasteiger partial charge on any atom is -0.481 e. The fourth-order valence-corrected chi connectivity index (χ4v) is 9.91. The van der Waals surface area contributed by atoms with E-state index in [1.807, 2.05) is 52.8 Å². The number of allylic oxidation sites excluding steroid dienone is 5. The first-order valence-corrected chi connectivity index (χ1v) is 21.2. The molecule has 0 radical (unpaired) electrons. The number of aliphatic hydroxyl groups is 1. The number of aliphatic carboxylic acids is 2. The van der Waals surface area contributed by atoms with Gasteiger partial charge in [0.25, 0.3) is 0 Å². The van der Waals surface area contributed by atoms with Crippen LogP contribution < -0.4 is 0 Å².